The second-order valence-electron chi connectivity index (χ2n) is 2.79. The highest BCUT2D eigenvalue weighted by atomic mass is 31.2. The van der Waals surface area contributed by atoms with E-state index in [0.717, 1.165) is 0 Å². The van der Waals surface area contributed by atoms with Crippen molar-refractivity contribution in [1.29, 1.82) is 0 Å². The maximum atomic E-state index is 11.1. The van der Waals surface area contributed by atoms with Crippen molar-refractivity contribution in [2.24, 2.45) is 0 Å². The first-order valence-corrected chi connectivity index (χ1v) is 5.19. The highest BCUT2D eigenvalue weighted by Crippen LogP contribution is 2.60. The fraction of sp³-hybridized carbons (Fsp3) is 0.800. The lowest BCUT2D eigenvalue weighted by molar-refractivity contribution is -0.323. The molecule has 2 atom stereocenters. The Labute approximate surface area is 83.1 Å². The molecule has 5 N–H and O–H groups in total. The van der Waals surface area contributed by atoms with Gasteiger partial charge in [0, 0.05) is 0 Å². The predicted octanol–water partition coefficient (Wildman–Crippen LogP) is -2.94. The van der Waals surface area contributed by atoms with Crippen LogP contribution in [0.3, 0.4) is 0 Å². The molecule has 1 rings (SSSR count). The molecular weight excluding hydrogens is 235 g/mol. The molecule has 0 bridgehead atoms. The summed E-state index contributed by atoms with van der Waals surface area (Å²) in [7, 11) is -4.45. The van der Waals surface area contributed by atoms with Gasteiger partial charge < -0.3 is 25.3 Å². The van der Waals surface area contributed by atoms with Crippen molar-refractivity contribution in [3.8, 4) is 0 Å². The Kier molecular flexibility index (Phi) is 3.29. The van der Waals surface area contributed by atoms with Gasteiger partial charge >= 0.3 is 13.8 Å². The number of aliphatic hydroxyl groups is 4. The Morgan fingerprint density at radius 3 is 2.20 bits per heavy atom. The predicted molar refractivity (Wildman–Crippen MR) is 41.1 cm³/mol. The zero-order chi connectivity index (χ0) is 11.9. The minimum absolute atomic E-state index is 0.945. The van der Waals surface area contributed by atoms with E-state index in [-0.39, 0.29) is 0 Å². The van der Waals surface area contributed by atoms with Crippen molar-refractivity contribution in [3.05, 3.63) is 0 Å². The third-order valence-electron chi connectivity index (χ3n) is 1.61. The second kappa shape index (κ2) is 3.89. The number of phosphoric ester groups is 1. The van der Waals surface area contributed by atoms with Crippen LogP contribution in [0, 0.1) is 0 Å². The smallest absolute Gasteiger partial charge is 0.394 e. The fourth-order valence-corrected chi connectivity index (χ4v) is 1.69. The molecule has 1 fully saturated rings. The number of rotatable bonds is 4. The van der Waals surface area contributed by atoms with Crippen LogP contribution in [-0.4, -0.2) is 55.9 Å². The van der Waals surface area contributed by atoms with Crippen LogP contribution in [0.5, 0.6) is 0 Å². The van der Waals surface area contributed by atoms with E-state index in [1.165, 1.54) is 0 Å². The van der Waals surface area contributed by atoms with Gasteiger partial charge in [-0.05, 0) is 0 Å². The molecule has 0 radical (unpaired) electrons. The SMILES string of the molecule is O=C(C(O)C(O)CO)C1(O)OP(=O)(O)O1. The molecule has 0 aromatic rings. The van der Waals surface area contributed by atoms with Gasteiger partial charge in [-0.1, -0.05) is 0 Å². The third kappa shape index (κ3) is 2.41. The lowest BCUT2D eigenvalue weighted by atomic mass is 10.1. The molecule has 0 aromatic heterocycles. The molecule has 9 nitrogen and oxygen atoms in total. The summed E-state index contributed by atoms with van der Waals surface area (Å²) in [6.07, 6.45) is -4.05. The summed E-state index contributed by atoms with van der Waals surface area (Å²) in [6.45, 7) is -0.945. The number of ketones is 1. The fourth-order valence-electron chi connectivity index (χ4n) is 0.871. The van der Waals surface area contributed by atoms with E-state index in [0.29, 0.717) is 0 Å². The van der Waals surface area contributed by atoms with Gasteiger partial charge in [0.1, 0.15) is 12.2 Å². The van der Waals surface area contributed by atoms with Crippen molar-refractivity contribution in [3.63, 3.8) is 0 Å². The standard InChI is InChI=1S/C5H9O9P/c6-1-2(7)3(8)4(9)5(10)13-15(11,12)14-5/h2-3,6-8,10H,1H2,(H,11,12). The van der Waals surface area contributed by atoms with E-state index in [4.69, 9.17) is 25.3 Å². The van der Waals surface area contributed by atoms with Gasteiger partial charge in [-0.15, -0.1) is 0 Å². The normalized spacial score (nSPS) is 39.3. The number of carbonyl (C=O) groups is 1. The molecule has 1 aliphatic heterocycles. The van der Waals surface area contributed by atoms with E-state index in [1.54, 1.807) is 0 Å². The first-order valence-electron chi connectivity index (χ1n) is 3.70. The van der Waals surface area contributed by atoms with E-state index < -0.39 is 38.4 Å². The average molecular weight is 244 g/mol. The Bertz CT molecular complexity index is 304. The molecular formula is C5H9O9P. The first-order chi connectivity index (χ1) is 6.72. The Morgan fingerprint density at radius 2 is 1.87 bits per heavy atom. The highest BCUT2D eigenvalue weighted by molar-refractivity contribution is 7.48. The van der Waals surface area contributed by atoms with Crippen LogP contribution < -0.4 is 0 Å². The Hall–Kier alpha value is -0.380. The molecule has 1 aliphatic rings. The Morgan fingerprint density at radius 1 is 1.40 bits per heavy atom. The number of carbonyl (C=O) groups excluding carboxylic acids is 1. The summed E-state index contributed by atoms with van der Waals surface area (Å²) < 4.78 is 18.1. The Balaban J connectivity index is 2.66. The lowest BCUT2D eigenvalue weighted by Gasteiger charge is -2.37. The maximum absolute atomic E-state index is 11.1. The van der Waals surface area contributed by atoms with Crippen LogP contribution in [0.1, 0.15) is 0 Å². The largest absolute Gasteiger partial charge is 0.481 e. The number of hydrogen-bond acceptors (Lipinski definition) is 8. The van der Waals surface area contributed by atoms with Gasteiger partial charge in [0.15, 0.2) is 0 Å². The molecule has 10 heteroatoms. The highest BCUT2D eigenvalue weighted by Gasteiger charge is 2.62. The summed E-state index contributed by atoms with van der Waals surface area (Å²) in [4.78, 5) is 19.6. The van der Waals surface area contributed by atoms with Crippen LogP contribution in [0.25, 0.3) is 0 Å². The molecule has 2 unspecified atom stereocenters. The van der Waals surface area contributed by atoms with Crippen molar-refractivity contribution >= 4 is 13.6 Å². The van der Waals surface area contributed by atoms with E-state index in [1.807, 2.05) is 0 Å². The van der Waals surface area contributed by atoms with Gasteiger partial charge in [-0.25, -0.2) is 13.6 Å². The van der Waals surface area contributed by atoms with Crippen LogP contribution >= 0.6 is 7.82 Å². The van der Waals surface area contributed by atoms with Crippen molar-refractivity contribution < 1.29 is 43.7 Å². The second-order valence-corrected chi connectivity index (χ2v) is 4.09. The topological polar surface area (TPSA) is 154 Å². The van der Waals surface area contributed by atoms with E-state index in [2.05, 4.69) is 9.05 Å². The number of hydrogen-bond donors (Lipinski definition) is 5. The van der Waals surface area contributed by atoms with Gasteiger partial charge in [-0.3, -0.25) is 4.79 Å². The molecule has 0 aliphatic carbocycles. The zero-order valence-corrected chi connectivity index (χ0v) is 8.07. The molecule has 0 amide bonds. The van der Waals surface area contributed by atoms with Crippen LogP contribution in [0.15, 0.2) is 0 Å². The van der Waals surface area contributed by atoms with Crippen LogP contribution in [0.2, 0.25) is 0 Å². The first kappa shape index (κ1) is 12.7. The third-order valence-corrected chi connectivity index (χ3v) is 2.57. The summed E-state index contributed by atoms with van der Waals surface area (Å²) in [5.41, 5.74) is 0. The summed E-state index contributed by atoms with van der Waals surface area (Å²) in [5.74, 6) is -4.63. The zero-order valence-electron chi connectivity index (χ0n) is 7.18. The van der Waals surface area contributed by atoms with Gasteiger partial charge in [-0.2, -0.15) is 0 Å². The summed E-state index contributed by atoms with van der Waals surface area (Å²) in [5, 5.41) is 35.3. The molecule has 0 saturated carbocycles. The van der Waals surface area contributed by atoms with Crippen molar-refractivity contribution in [2.75, 3.05) is 6.61 Å². The monoisotopic (exact) mass is 244 g/mol. The van der Waals surface area contributed by atoms with Crippen molar-refractivity contribution in [1.82, 2.24) is 0 Å². The summed E-state index contributed by atoms with van der Waals surface area (Å²) in [6, 6.07) is 0. The molecule has 0 spiro atoms. The number of phosphoric acid groups is 1. The van der Waals surface area contributed by atoms with E-state index in [9.17, 15) is 9.36 Å². The molecule has 1 saturated heterocycles. The van der Waals surface area contributed by atoms with Gasteiger partial charge in [0.05, 0.1) is 6.61 Å². The van der Waals surface area contributed by atoms with Gasteiger partial charge in [0.25, 0.3) is 5.78 Å². The molecule has 15 heavy (non-hydrogen) atoms. The van der Waals surface area contributed by atoms with Crippen LogP contribution in [0.4, 0.5) is 0 Å². The maximum Gasteiger partial charge on any atom is 0.481 e. The number of aliphatic hydroxyl groups excluding tert-OH is 3. The van der Waals surface area contributed by atoms with Crippen molar-refractivity contribution in [2.45, 2.75) is 18.2 Å². The summed E-state index contributed by atoms with van der Waals surface area (Å²) >= 11 is 0. The molecule has 1 heterocycles. The minimum Gasteiger partial charge on any atom is -0.394 e. The molecule has 0 aromatic carbocycles. The van der Waals surface area contributed by atoms with E-state index >= 15 is 0 Å². The molecule has 88 valence electrons. The van der Waals surface area contributed by atoms with Gasteiger partial charge in [0.2, 0.25) is 0 Å². The average Bonchev–Trinajstić information content (AvgIpc) is 2.10. The number of Topliss-reactive ketones (excluding diaryl/α,β-unsaturated/α-hetero) is 1. The van der Waals surface area contributed by atoms with Crippen LogP contribution in [-0.2, 0) is 18.4 Å². The minimum atomic E-state index is -4.45. The lowest BCUT2D eigenvalue weighted by Crippen LogP contribution is -2.56. The quantitative estimate of drug-likeness (QED) is 0.327.